The molecule has 1 saturated carbocycles. The van der Waals surface area contributed by atoms with Gasteiger partial charge in [-0.3, -0.25) is 0 Å². The van der Waals surface area contributed by atoms with Crippen LogP contribution >= 0.6 is 0 Å². The van der Waals surface area contributed by atoms with Crippen molar-refractivity contribution >= 4 is 0 Å². The molecule has 90 valence electrons. The van der Waals surface area contributed by atoms with Crippen LogP contribution in [0.15, 0.2) is 10.9 Å². The molecule has 1 aromatic heterocycles. The number of rotatable bonds is 4. The molecule has 0 spiro atoms. The molecule has 0 radical (unpaired) electrons. The van der Waals surface area contributed by atoms with Gasteiger partial charge in [0, 0.05) is 19.0 Å². The standard InChI is InChI=1S/C12H21N3O/c1-9-4-3-5-11(10(9)2)13-7-6-12-14-8-16-15-12/h8-11,13H,3-7H2,1-2H3. The third-order valence-corrected chi connectivity index (χ3v) is 3.87. The molecule has 1 fully saturated rings. The molecule has 1 aliphatic carbocycles. The maximum absolute atomic E-state index is 4.71. The molecule has 1 N–H and O–H groups in total. The van der Waals surface area contributed by atoms with Gasteiger partial charge < -0.3 is 9.84 Å². The van der Waals surface area contributed by atoms with Crippen molar-refractivity contribution in [3.8, 4) is 0 Å². The molecule has 0 amide bonds. The van der Waals surface area contributed by atoms with Crippen LogP contribution in [0, 0.1) is 11.8 Å². The van der Waals surface area contributed by atoms with E-state index in [-0.39, 0.29) is 0 Å². The molecule has 16 heavy (non-hydrogen) atoms. The Morgan fingerprint density at radius 3 is 3.06 bits per heavy atom. The molecular weight excluding hydrogens is 202 g/mol. The zero-order valence-electron chi connectivity index (χ0n) is 10.1. The second-order valence-corrected chi connectivity index (χ2v) is 4.93. The van der Waals surface area contributed by atoms with Crippen LogP contribution in [-0.4, -0.2) is 22.7 Å². The first kappa shape index (κ1) is 11.6. The Labute approximate surface area is 96.8 Å². The molecule has 4 nitrogen and oxygen atoms in total. The highest BCUT2D eigenvalue weighted by atomic mass is 16.5. The molecule has 3 atom stereocenters. The Morgan fingerprint density at radius 1 is 1.44 bits per heavy atom. The first-order valence-electron chi connectivity index (χ1n) is 6.26. The van der Waals surface area contributed by atoms with E-state index in [1.54, 1.807) is 0 Å². The third-order valence-electron chi connectivity index (χ3n) is 3.87. The maximum Gasteiger partial charge on any atom is 0.213 e. The summed E-state index contributed by atoms with van der Waals surface area (Å²) in [5, 5.41) is 7.43. The van der Waals surface area contributed by atoms with Gasteiger partial charge in [0.1, 0.15) is 0 Å². The van der Waals surface area contributed by atoms with Crippen molar-refractivity contribution in [3.05, 3.63) is 12.2 Å². The molecular formula is C12H21N3O. The van der Waals surface area contributed by atoms with Crippen molar-refractivity contribution in [1.82, 2.24) is 15.5 Å². The molecule has 4 heteroatoms. The van der Waals surface area contributed by atoms with Crippen LogP contribution in [0.2, 0.25) is 0 Å². The number of hydrogen-bond donors (Lipinski definition) is 1. The lowest BCUT2D eigenvalue weighted by Crippen LogP contribution is -2.41. The number of nitrogens with one attached hydrogen (secondary N) is 1. The summed E-state index contributed by atoms with van der Waals surface area (Å²) in [5.74, 6) is 2.42. The van der Waals surface area contributed by atoms with Gasteiger partial charge in [0.15, 0.2) is 5.82 Å². The quantitative estimate of drug-likeness (QED) is 0.848. The van der Waals surface area contributed by atoms with Crippen molar-refractivity contribution in [1.29, 1.82) is 0 Å². The van der Waals surface area contributed by atoms with Crippen molar-refractivity contribution in [3.63, 3.8) is 0 Å². The van der Waals surface area contributed by atoms with E-state index in [1.165, 1.54) is 25.7 Å². The van der Waals surface area contributed by atoms with E-state index >= 15 is 0 Å². The van der Waals surface area contributed by atoms with Gasteiger partial charge >= 0.3 is 0 Å². The van der Waals surface area contributed by atoms with Gasteiger partial charge in [-0.1, -0.05) is 31.8 Å². The summed E-state index contributed by atoms with van der Waals surface area (Å²) >= 11 is 0. The Balaban J connectivity index is 1.73. The smallest absolute Gasteiger partial charge is 0.213 e. The van der Waals surface area contributed by atoms with Crippen LogP contribution < -0.4 is 5.32 Å². The molecule has 1 heterocycles. The predicted molar refractivity (Wildman–Crippen MR) is 62.0 cm³/mol. The minimum absolute atomic E-state index is 0.663. The zero-order valence-corrected chi connectivity index (χ0v) is 10.1. The predicted octanol–water partition coefficient (Wildman–Crippen LogP) is 2.03. The van der Waals surface area contributed by atoms with Gasteiger partial charge in [-0.2, -0.15) is 4.98 Å². The lowest BCUT2D eigenvalue weighted by Gasteiger charge is -2.34. The summed E-state index contributed by atoms with van der Waals surface area (Å²) in [6.07, 6.45) is 6.28. The van der Waals surface area contributed by atoms with Crippen LogP contribution in [-0.2, 0) is 6.42 Å². The van der Waals surface area contributed by atoms with Gasteiger partial charge in [-0.05, 0) is 18.3 Å². The van der Waals surface area contributed by atoms with Crippen LogP contribution in [0.25, 0.3) is 0 Å². The summed E-state index contributed by atoms with van der Waals surface area (Å²) in [7, 11) is 0. The van der Waals surface area contributed by atoms with Crippen molar-refractivity contribution < 1.29 is 4.52 Å². The molecule has 1 aliphatic rings. The SMILES string of the molecule is CC1CCCC(NCCc2ncon2)C1C. The fraction of sp³-hybridized carbons (Fsp3) is 0.833. The van der Waals surface area contributed by atoms with Crippen molar-refractivity contribution in [2.45, 2.75) is 45.6 Å². The Hall–Kier alpha value is -0.900. The van der Waals surface area contributed by atoms with E-state index < -0.39 is 0 Å². The van der Waals surface area contributed by atoms with Gasteiger partial charge in [-0.15, -0.1) is 0 Å². The Kier molecular flexibility index (Phi) is 3.93. The molecule has 0 bridgehead atoms. The monoisotopic (exact) mass is 223 g/mol. The second kappa shape index (κ2) is 5.43. The summed E-state index contributed by atoms with van der Waals surface area (Å²) in [5.41, 5.74) is 0. The highest BCUT2D eigenvalue weighted by molar-refractivity contribution is 4.84. The average Bonchev–Trinajstić information content (AvgIpc) is 2.77. The van der Waals surface area contributed by atoms with Crippen LogP contribution in [0.1, 0.15) is 38.9 Å². The average molecular weight is 223 g/mol. The van der Waals surface area contributed by atoms with E-state index in [2.05, 4.69) is 29.3 Å². The van der Waals surface area contributed by atoms with E-state index in [0.717, 1.165) is 30.6 Å². The fourth-order valence-corrected chi connectivity index (χ4v) is 2.54. The third kappa shape index (κ3) is 2.82. The van der Waals surface area contributed by atoms with Crippen LogP contribution in [0.5, 0.6) is 0 Å². The first-order chi connectivity index (χ1) is 7.77. The number of aromatic nitrogens is 2. The van der Waals surface area contributed by atoms with Crippen molar-refractivity contribution in [2.24, 2.45) is 11.8 Å². The maximum atomic E-state index is 4.71. The number of hydrogen-bond acceptors (Lipinski definition) is 4. The van der Waals surface area contributed by atoms with Crippen LogP contribution in [0.3, 0.4) is 0 Å². The van der Waals surface area contributed by atoms with Gasteiger partial charge in [0.2, 0.25) is 6.39 Å². The lowest BCUT2D eigenvalue weighted by atomic mass is 9.78. The summed E-state index contributed by atoms with van der Waals surface area (Å²) in [6, 6.07) is 0.663. The highest BCUT2D eigenvalue weighted by Gasteiger charge is 2.26. The first-order valence-corrected chi connectivity index (χ1v) is 6.26. The molecule has 1 aromatic rings. The number of nitrogens with zero attached hydrogens (tertiary/aromatic N) is 2. The van der Waals surface area contributed by atoms with Crippen LogP contribution in [0.4, 0.5) is 0 Å². The van der Waals surface area contributed by atoms with E-state index in [9.17, 15) is 0 Å². The lowest BCUT2D eigenvalue weighted by molar-refractivity contribution is 0.207. The summed E-state index contributed by atoms with van der Waals surface area (Å²) in [6.45, 7) is 5.66. The highest BCUT2D eigenvalue weighted by Crippen LogP contribution is 2.29. The normalized spacial score (nSPS) is 30.5. The van der Waals surface area contributed by atoms with Gasteiger partial charge in [0.25, 0.3) is 0 Å². The molecule has 0 saturated heterocycles. The van der Waals surface area contributed by atoms with Gasteiger partial charge in [0.05, 0.1) is 0 Å². The van der Waals surface area contributed by atoms with Gasteiger partial charge in [-0.25, -0.2) is 0 Å². The molecule has 0 aromatic carbocycles. The summed E-state index contributed by atoms with van der Waals surface area (Å²) in [4.78, 5) is 4.02. The van der Waals surface area contributed by atoms with E-state index in [4.69, 9.17) is 4.52 Å². The summed E-state index contributed by atoms with van der Waals surface area (Å²) < 4.78 is 4.71. The molecule has 0 aliphatic heterocycles. The Morgan fingerprint density at radius 2 is 2.31 bits per heavy atom. The fourth-order valence-electron chi connectivity index (χ4n) is 2.54. The zero-order chi connectivity index (χ0) is 11.4. The molecule has 2 rings (SSSR count). The van der Waals surface area contributed by atoms with Crippen molar-refractivity contribution in [2.75, 3.05) is 6.54 Å². The molecule has 3 unspecified atom stereocenters. The largest absolute Gasteiger partial charge is 0.343 e. The topological polar surface area (TPSA) is 51.0 Å². The van der Waals surface area contributed by atoms with E-state index in [0.29, 0.717) is 6.04 Å². The minimum Gasteiger partial charge on any atom is -0.343 e. The second-order valence-electron chi connectivity index (χ2n) is 4.93. The van der Waals surface area contributed by atoms with E-state index in [1.807, 2.05) is 0 Å². The minimum atomic E-state index is 0.663. The Bertz CT molecular complexity index is 299.